The quantitative estimate of drug-likeness (QED) is 0.876. The molecule has 1 rings (SSSR count). The first-order chi connectivity index (χ1) is 9.24. The number of hydrogen-bond donors (Lipinski definition) is 2. The van der Waals surface area contributed by atoms with Crippen molar-refractivity contribution in [1.29, 1.82) is 0 Å². The fraction of sp³-hybridized carbons (Fsp3) is 0.462. The summed E-state index contributed by atoms with van der Waals surface area (Å²) in [6.07, 6.45) is -4.57. The van der Waals surface area contributed by atoms with Crippen molar-refractivity contribution in [2.45, 2.75) is 26.1 Å². The first-order valence-corrected chi connectivity index (χ1v) is 6.02. The number of nitrogens with one attached hydrogen (secondary N) is 2. The Labute approximate surface area is 115 Å². The summed E-state index contributed by atoms with van der Waals surface area (Å²) in [5.41, 5.74) is -1.22. The lowest BCUT2D eigenvalue weighted by Crippen LogP contribution is -2.33. The average Bonchev–Trinajstić information content (AvgIpc) is 2.35. The predicted octanol–water partition coefficient (Wildman–Crippen LogP) is 2.65. The molecule has 2 N–H and O–H groups in total. The van der Waals surface area contributed by atoms with E-state index < -0.39 is 17.6 Å². The number of rotatable bonds is 5. The Morgan fingerprint density at radius 3 is 2.50 bits per heavy atom. The summed E-state index contributed by atoms with van der Waals surface area (Å²) in [6.45, 7) is 3.62. The zero-order valence-electron chi connectivity index (χ0n) is 11.5. The molecule has 112 valence electrons. The van der Waals surface area contributed by atoms with Gasteiger partial charge < -0.3 is 15.4 Å². The van der Waals surface area contributed by atoms with E-state index in [1.807, 2.05) is 13.8 Å². The highest BCUT2D eigenvalue weighted by molar-refractivity contribution is 5.93. The number of anilines is 1. The molecule has 4 nitrogen and oxygen atoms in total. The highest BCUT2D eigenvalue weighted by Crippen LogP contribution is 2.37. The molecule has 7 heteroatoms. The van der Waals surface area contributed by atoms with Gasteiger partial charge in [0.1, 0.15) is 5.75 Å². The van der Waals surface area contributed by atoms with Gasteiger partial charge in [-0.15, -0.1) is 0 Å². The summed E-state index contributed by atoms with van der Waals surface area (Å²) in [5.74, 6) is -0.454. The molecule has 0 saturated carbocycles. The van der Waals surface area contributed by atoms with E-state index in [-0.39, 0.29) is 24.0 Å². The van der Waals surface area contributed by atoms with E-state index in [9.17, 15) is 18.0 Å². The fourth-order valence-electron chi connectivity index (χ4n) is 1.49. The molecule has 0 bridgehead atoms. The van der Waals surface area contributed by atoms with Crippen LogP contribution in [-0.2, 0) is 11.0 Å². The summed E-state index contributed by atoms with van der Waals surface area (Å²) >= 11 is 0. The predicted molar refractivity (Wildman–Crippen MR) is 69.8 cm³/mol. The van der Waals surface area contributed by atoms with Gasteiger partial charge >= 0.3 is 6.18 Å². The van der Waals surface area contributed by atoms with Crippen LogP contribution in [0.3, 0.4) is 0 Å². The minimum atomic E-state index is -4.57. The van der Waals surface area contributed by atoms with E-state index in [0.717, 1.165) is 6.07 Å². The van der Waals surface area contributed by atoms with Crippen molar-refractivity contribution in [2.75, 3.05) is 19.0 Å². The van der Waals surface area contributed by atoms with Gasteiger partial charge in [-0.3, -0.25) is 4.79 Å². The van der Waals surface area contributed by atoms with Gasteiger partial charge in [0.25, 0.3) is 0 Å². The van der Waals surface area contributed by atoms with E-state index in [0.29, 0.717) is 0 Å². The first kappa shape index (κ1) is 16.3. The Kier molecular flexibility index (Phi) is 5.38. The van der Waals surface area contributed by atoms with Gasteiger partial charge in [0.05, 0.1) is 24.9 Å². The molecule has 0 atom stereocenters. The highest BCUT2D eigenvalue weighted by Gasteiger charge is 2.34. The second-order valence-corrected chi connectivity index (χ2v) is 4.49. The normalized spacial score (nSPS) is 11.6. The Morgan fingerprint density at radius 2 is 2.00 bits per heavy atom. The van der Waals surface area contributed by atoms with Gasteiger partial charge in [0, 0.05) is 6.04 Å². The summed E-state index contributed by atoms with van der Waals surface area (Å²) < 4.78 is 43.5. The van der Waals surface area contributed by atoms with Crippen LogP contribution in [0.1, 0.15) is 19.4 Å². The SMILES string of the molecule is COc1ccc(NC(=O)CNC(C)C)c(C(F)(F)F)c1. The van der Waals surface area contributed by atoms with Crippen LogP contribution in [0.25, 0.3) is 0 Å². The van der Waals surface area contributed by atoms with Crippen LogP contribution in [0.15, 0.2) is 18.2 Å². The van der Waals surface area contributed by atoms with Gasteiger partial charge in [-0.25, -0.2) is 0 Å². The van der Waals surface area contributed by atoms with Crippen molar-refractivity contribution >= 4 is 11.6 Å². The molecular formula is C13H17F3N2O2. The lowest BCUT2D eigenvalue weighted by Gasteiger charge is -2.15. The lowest BCUT2D eigenvalue weighted by molar-refractivity contribution is -0.137. The number of methoxy groups -OCH3 is 1. The zero-order chi connectivity index (χ0) is 15.3. The van der Waals surface area contributed by atoms with Gasteiger partial charge in [0.2, 0.25) is 5.91 Å². The minimum Gasteiger partial charge on any atom is -0.497 e. The fourth-order valence-corrected chi connectivity index (χ4v) is 1.49. The summed E-state index contributed by atoms with van der Waals surface area (Å²) in [5, 5.41) is 5.08. The number of carbonyl (C=O) groups is 1. The van der Waals surface area contributed by atoms with Crippen molar-refractivity contribution in [3.8, 4) is 5.75 Å². The summed E-state index contributed by atoms with van der Waals surface area (Å²) in [4.78, 5) is 11.6. The Bertz CT molecular complexity index is 473. The van der Waals surface area contributed by atoms with Crippen molar-refractivity contribution in [3.05, 3.63) is 23.8 Å². The topological polar surface area (TPSA) is 50.4 Å². The molecule has 0 unspecified atom stereocenters. The van der Waals surface area contributed by atoms with Crippen LogP contribution in [0.5, 0.6) is 5.75 Å². The van der Waals surface area contributed by atoms with E-state index in [1.165, 1.54) is 19.2 Å². The number of ether oxygens (including phenoxy) is 1. The van der Waals surface area contributed by atoms with Crippen LogP contribution in [0.2, 0.25) is 0 Å². The van der Waals surface area contributed by atoms with Crippen molar-refractivity contribution in [2.24, 2.45) is 0 Å². The number of hydrogen-bond acceptors (Lipinski definition) is 3. The molecule has 1 aromatic rings. The number of carbonyl (C=O) groups excluding carboxylic acids is 1. The third-order valence-corrected chi connectivity index (χ3v) is 2.48. The maximum absolute atomic E-state index is 12.9. The van der Waals surface area contributed by atoms with Crippen molar-refractivity contribution in [1.82, 2.24) is 5.32 Å². The van der Waals surface area contributed by atoms with Gasteiger partial charge in [-0.1, -0.05) is 13.8 Å². The summed E-state index contributed by atoms with van der Waals surface area (Å²) in [6, 6.07) is 3.46. The van der Waals surface area contributed by atoms with E-state index in [2.05, 4.69) is 10.6 Å². The molecule has 0 heterocycles. The zero-order valence-corrected chi connectivity index (χ0v) is 11.5. The van der Waals surface area contributed by atoms with Gasteiger partial charge in [-0.2, -0.15) is 13.2 Å². The van der Waals surface area contributed by atoms with Crippen LogP contribution in [-0.4, -0.2) is 25.6 Å². The first-order valence-electron chi connectivity index (χ1n) is 6.02. The van der Waals surface area contributed by atoms with E-state index in [1.54, 1.807) is 0 Å². The van der Waals surface area contributed by atoms with Crippen molar-refractivity contribution in [3.63, 3.8) is 0 Å². The molecule has 0 saturated heterocycles. The molecular weight excluding hydrogens is 273 g/mol. The van der Waals surface area contributed by atoms with E-state index >= 15 is 0 Å². The molecule has 1 aromatic carbocycles. The maximum Gasteiger partial charge on any atom is 0.418 e. The monoisotopic (exact) mass is 290 g/mol. The van der Waals surface area contributed by atoms with Gasteiger partial charge in [0.15, 0.2) is 0 Å². The number of benzene rings is 1. The smallest absolute Gasteiger partial charge is 0.418 e. The molecule has 20 heavy (non-hydrogen) atoms. The molecule has 0 spiro atoms. The number of alkyl halides is 3. The highest BCUT2D eigenvalue weighted by atomic mass is 19.4. The molecule has 1 amide bonds. The maximum atomic E-state index is 12.9. The van der Waals surface area contributed by atoms with Crippen LogP contribution in [0.4, 0.5) is 18.9 Å². The molecule has 0 aromatic heterocycles. The average molecular weight is 290 g/mol. The molecule has 0 aliphatic carbocycles. The standard InChI is InChI=1S/C13H17F3N2O2/c1-8(2)17-7-12(19)18-11-5-4-9(20-3)6-10(11)13(14,15)16/h4-6,8,17H,7H2,1-3H3,(H,18,19). The molecule has 0 aliphatic heterocycles. The Balaban J connectivity index is 2.91. The molecule has 0 aliphatic rings. The number of halogens is 3. The Hall–Kier alpha value is -1.76. The molecule has 0 radical (unpaired) electrons. The second-order valence-electron chi connectivity index (χ2n) is 4.49. The number of amides is 1. The summed E-state index contributed by atoms with van der Waals surface area (Å²) in [7, 11) is 1.28. The van der Waals surface area contributed by atoms with Crippen molar-refractivity contribution < 1.29 is 22.7 Å². The van der Waals surface area contributed by atoms with Crippen LogP contribution >= 0.6 is 0 Å². The Morgan fingerprint density at radius 1 is 1.35 bits per heavy atom. The largest absolute Gasteiger partial charge is 0.497 e. The van der Waals surface area contributed by atoms with Crippen LogP contribution in [0, 0.1) is 0 Å². The third kappa shape index (κ3) is 4.73. The minimum absolute atomic E-state index is 0.0546. The van der Waals surface area contributed by atoms with Gasteiger partial charge in [-0.05, 0) is 18.2 Å². The third-order valence-electron chi connectivity index (χ3n) is 2.48. The molecule has 0 fully saturated rings. The van der Waals surface area contributed by atoms with E-state index in [4.69, 9.17) is 4.74 Å². The van der Waals surface area contributed by atoms with Crippen LogP contribution < -0.4 is 15.4 Å². The second kappa shape index (κ2) is 6.60. The lowest BCUT2D eigenvalue weighted by atomic mass is 10.1.